The molecule has 7 heteroatoms. The van der Waals surface area contributed by atoms with Gasteiger partial charge < -0.3 is 9.47 Å². The molecule has 1 amide bonds. The number of amides is 1. The van der Waals surface area contributed by atoms with Crippen LogP contribution in [0.25, 0.3) is 0 Å². The van der Waals surface area contributed by atoms with Crippen LogP contribution in [0.3, 0.4) is 0 Å². The van der Waals surface area contributed by atoms with Crippen LogP contribution in [0.2, 0.25) is 0 Å². The molecular weight excluding hydrogens is 250 g/mol. The van der Waals surface area contributed by atoms with E-state index in [1.165, 1.54) is 0 Å². The van der Waals surface area contributed by atoms with E-state index < -0.39 is 17.7 Å². The number of hydrazine groups is 1. The summed E-state index contributed by atoms with van der Waals surface area (Å²) >= 11 is 0. The second-order valence-electron chi connectivity index (χ2n) is 5.52. The zero-order valence-electron chi connectivity index (χ0n) is 12.0. The number of carbonyl (C=O) groups is 2. The summed E-state index contributed by atoms with van der Waals surface area (Å²) < 4.78 is 10.0. The first kappa shape index (κ1) is 15.9. The molecule has 0 radical (unpaired) electrons. The van der Waals surface area contributed by atoms with Crippen LogP contribution in [0.5, 0.6) is 0 Å². The van der Waals surface area contributed by atoms with Crippen molar-refractivity contribution in [3.63, 3.8) is 0 Å². The molecule has 1 rings (SSSR count). The molecular formula is C12H23N3O4. The van der Waals surface area contributed by atoms with Gasteiger partial charge in [-0.25, -0.2) is 10.2 Å². The number of hydrogen-bond acceptors (Lipinski definition) is 6. The SMILES string of the molecule is COCCN1CC(=O)C(NNC(=O)OC(C)(C)C)C1. The van der Waals surface area contributed by atoms with E-state index in [1.54, 1.807) is 27.9 Å². The van der Waals surface area contributed by atoms with E-state index in [0.717, 1.165) is 0 Å². The maximum Gasteiger partial charge on any atom is 0.422 e. The molecule has 1 unspecified atom stereocenters. The van der Waals surface area contributed by atoms with Gasteiger partial charge in [0.15, 0.2) is 5.78 Å². The Kier molecular flexibility index (Phi) is 5.71. The molecule has 0 aliphatic carbocycles. The largest absolute Gasteiger partial charge is 0.443 e. The fourth-order valence-electron chi connectivity index (χ4n) is 1.72. The van der Waals surface area contributed by atoms with E-state index >= 15 is 0 Å². The lowest BCUT2D eigenvalue weighted by molar-refractivity contribution is -0.118. The Labute approximate surface area is 113 Å². The number of rotatable bonds is 5. The lowest BCUT2D eigenvalue weighted by atomic mass is 10.2. The molecule has 0 aromatic rings. The third-order valence-corrected chi connectivity index (χ3v) is 2.57. The minimum absolute atomic E-state index is 0.0483. The normalized spacial score (nSPS) is 20.6. The molecule has 2 N–H and O–H groups in total. The summed E-state index contributed by atoms with van der Waals surface area (Å²) in [6.07, 6.45) is -0.587. The summed E-state index contributed by atoms with van der Waals surface area (Å²) in [6, 6.07) is -0.399. The Balaban J connectivity index is 2.30. The molecule has 1 atom stereocenters. The first-order valence-corrected chi connectivity index (χ1v) is 6.30. The van der Waals surface area contributed by atoms with E-state index in [9.17, 15) is 9.59 Å². The quantitative estimate of drug-likeness (QED) is 0.682. The van der Waals surface area contributed by atoms with Crippen LogP contribution < -0.4 is 10.9 Å². The number of likely N-dealkylation sites (tertiary alicyclic amines) is 1. The van der Waals surface area contributed by atoms with Gasteiger partial charge >= 0.3 is 6.09 Å². The fraction of sp³-hybridized carbons (Fsp3) is 0.833. The highest BCUT2D eigenvalue weighted by molar-refractivity contribution is 5.88. The van der Waals surface area contributed by atoms with E-state index in [-0.39, 0.29) is 5.78 Å². The summed E-state index contributed by atoms with van der Waals surface area (Å²) in [5, 5.41) is 0. The van der Waals surface area contributed by atoms with Gasteiger partial charge in [0.2, 0.25) is 0 Å². The predicted molar refractivity (Wildman–Crippen MR) is 69.6 cm³/mol. The summed E-state index contributed by atoms with van der Waals surface area (Å²) in [7, 11) is 1.62. The summed E-state index contributed by atoms with van der Waals surface area (Å²) in [4.78, 5) is 25.1. The first-order chi connectivity index (χ1) is 8.81. The third kappa shape index (κ3) is 6.00. The number of nitrogens with zero attached hydrogens (tertiary/aromatic N) is 1. The lowest BCUT2D eigenvalue weighted by Gasteiger charge is -2.21. The smallest absolute Gasteiger partial charge is 0.422 e. The van der Waals surface area contributed by atoms with Gasteiger partial charge in [-0.1, -0.05) is 0 Å². The van der Waals surface area contributed by atoms with Crippen molar-refractivity contribution in [3.8, 4) is 0 Å². The molecule has 110 valence electrons. The molecule has 0 aromatic carbocycles. The van der Waals surface area contributed by atoms with Crippen LogP contribution in [-0.4, -0.2) is 61.8 Å². The maximum absolute atomic E-state index is 11.7. The second kappa shape index (κ2) is 6.83. The van der Waals surface area contributed by atoms with Gasteiger partial charge in [-0.2, -0.15) is 0 Å². The van der Waals surface area contributed by atoms with Gasteiger partial charge in [0.25, 0.3) is 0 Å². The van der Waals surface area contributed by atoms with Crippen molar-refractivity contribution in [2.45, 2.75) is 32.4 Å². The van der Waals surface area contributed by atoms with Gasteiger partial charge in [0.05, 0.1) is 19.2 Å². The minimum Gasteiger partial charge on any atom is -0.443 e. The van der Waals surface area contributed by atoms with Gasteiger partial charge in [-0.05, 0) is 20.8 Å². The predicted octanol–water partition coefficient (Wildman–Crippen LogP) is -0.0846. The summed E-state index contributed by atoms with van der Waals surface area (Å²) in [5.41, 5.74) is 4.54. The Hall–Kier alpha value is -1.18. The molecule has 19 heavy (non-hydrogen) atoms. The molecule has 0 bridgehead atoms. The number of Topliss-reactive ketones (excluding diaryl/α,β-unsaturated/α-hetero) is 1. The Bertz CT molecular complexity index is 327. The molecule has 0 aromatic heterocycles. The van der Waals surface area contributed by atoms with Crippen LogP contribution in [-0.2, 0) is 14.3 Å². The highest BCUT2D eigenvalue weighted by Crippen LogP contribution is 2.07. The maximum atomic E-state index is 11.7. The van der Waals surface area contributed by atoms with Crippen LogP contribution in [0.15, 0.2) is 0 Å². The fourth-order valence-corrected chi connectivity index (χ4v) is 1.72. The minimum atomic E-state index is -0.587. The zero-order chi connectivity index (χ0) is 14.5. The van der Waals surface area contributed by atoms with Crippen molar-refractivity contribution < 1.29 is 19.1 Å². The molecule has 1 heterocycles. The molecule has 1 aliphatic rings. The standard InChI is InChI=1S/C12H23N3O4/c1-12(2,3)19-11(17)14-13-9-7-15(5-6-18-4)8-10(9)16/h9,13H,5-8H2,1-4H3,(H,14,17). The van der Waals surface area contributed by atoms with Crippen molar-refractivity contribution in [2.75, 3.05) is 33.4 Å². The van der Waals surface area contributed by atoms with Gasteiger partial charge in [0, 0.05) is 20.2 Å². The Morgan fingerprint density at radius 3 is 2.74 bits per heavy atom. The molecule has 0 saturated carbocycles. The van der Waals surface area contributed by atoms with E-state index in [0.29, 0.717) is 26.2 Å². The average Bonchev–Trinajstić information content (AvgIpc) is 2.62. The number of nitrogens with one attached hydrogen (secondary N) is 2. The number of methoxy groups -OCH3 is 1. The second-order valence-corrected chi connectivity index (χ2v) is 5.52. The van der Waals surface area contributed by atoms with E-state index in [2.05, 4.69) is 10.9 Å². The van der Waals surface area contributed by atoms with Crippen LogP contribution in [0.1, 0.15) is 20.8 Å². The van der Waals surface area contributed by atoms with Crippen molar-refractivity contribution in [3.05, 3.63) is 0 Å². The summed E-state index contributed by atoms with van der Waals surface area (Å²) in [5.74, 6) is 0.0483. The van der Waals surface area contributed by atoms with Crippen molar-refractivity contribution in [1.82, 2.24) is 15.8 Å². The summed E-state index contributed by atoms with van der Waals surface area (Å²) in [6.45, 7) is 7.54. The van der Waals surface area contributed by atoms with Crippen molar-refractivity contribution >= 4 is 11.9 Å². The lowest BCUT2D eigenvalue weighted by Crippen LogP contribution is -2.49. The molecule has 1 saturated heterocycles. The Morgan fingerprint density at radius 1 is 1.47 bits per heavy atom. The van der Waals surface area contributed by atoms with E-state index in [1.807, 2.05) is 4.90 Å². The Morgan fingerprint density at radius 2 is 2.16 bits per heavy atom. The van der Waals surface area contributed by atoms with Crippen LogP contribution >= 0.6 is 0 Å². The number of carbonyl (C=O) groups excluding carboxylic acids is 2. The van der Waals surface area contributed by atoms with Gasteiger partial charge in [-0.15, -0.1) is 0 Å². The zero-order valence-corrected chi connectivity index (χ0v) is 12.0. The third-order valence-electron chi connectivity index (χ3n) is 2.57. The molecule has 7 nitrogen and oxygen atoms in total. The van der Waals surface area contributed by atoms with E-state index in [4.69, 9.17) is 9.47 Å². The molecule has 1 fully saturated rings. The number of hydrogen-bond donors (Lipinski definition) is 2. The monoisotopic (exact) mass is 273 g/mol. The van der Waals surface area contributed by atoms with Crippen molar-refractivity contribution in [2.24, 2.45) is 0 Å². The van der Waals surface area contributed by atoms with Crippen molar-refractivity contribution in [1.29, 1.82) is 0 Å². The highest BCUT2D eigenvalue weighted by Gasteiger charge is 2.30. The topological polar surface area (TPSA) is 79.9 Å². The van der Waals surface area contributed by atoms with Gasteiger partial charge in [0.1, 0.15) is 5.60 Å². The van der Waals surface area contributed by atoms with Crippen LogP contribution in [0, 0.1) is 0 Å². The average molecular weight is 273 g/mol. The first-order valence-electron chi connectivity index (χ1n) is 6.30. The van der Waals surface area contributed by atoms with Crippen LogP contribution in [0.4, 0.5) is 4.79 Å². The number of ether oxygens (including phenoxy) is 2. The molecule has 1 aliphatic heterocycles. The number of ketones is 1. The molecule has 0 spiro atoms. The van der Waals surface area contributed by atoms with Gasteiger partial charge in [-0.3, -0.25) is 15.1 Å². The highest BCUT2D eigenvalue weighted by atomic mass is 16.6.